The van der Waals surface area contributed by atoms with Crippen molar-refractivity contribution in [1.82, 2.24) is 9.97 Å². The fourth-order valence-corrected chi connectivity index (χ4v) is 2.68. The smallest absolute Gasteiger partial charge is 0.109 e. The van der Waals surface area contributed by atoms with E-state index in [4.69, 9.17) is 5.73 Å². The van der Waals surface area contributed by atoms with E-state index < -0.39 is 0 Å². The molecule has 1 heterocycles. The molecule has 3 heteroatoms. The molecule has 0 radical (unpaired) electrons. The van der Waals surface area contributed by atoms with Crippen LogP contribution in [0.15, 0.2) is 24.4 Å². The van der Waals surface area contributed by atoms with Gasteiger partial charge in [-0.25, -0.2) is 4.98 Å². The normalized spacial score (nSPS) is 22.8. The average molecular weight is 241 g/mol. The molecule has 0 unspecified atom stereocenters. The number of benzene rings is 1. The van der Waals surface area contributed by atoms with Crippen LogP contribution in [-0.2, 0) is 0 Å². The number of nitrogens with two attached hydrogens (primary N) is 1. The molecule has 1 aliphatic rings. The maximum absolute atomic E-state index is 5.82. The van der Waals surface area contributed by atoms with Crippen molar-refractivity contribution in [1.29, 1.82) is 0 Å². The summed E-state index contributed by atoms with van der Waals surface area (Å²) in [6.45, 7) is 4.26. The van der Waals surface area contributed by atoms with Crippen molar-refractivity contribution < 1.29 is 0 Å². The maximum Gasteiger partial charge on any atom is 0.109 e. The van der Waals surface area contributed by atoms with E-state index in [2.05, 4.69) is 42.0 Å². The van der Waals surface area contributed by atoms with E-state index in [1.807, 2.05) is 6.20 Å². The van der Waals surface area contributed by atoms with E-state index in [1.165, 1.54) is 16.7 Å². The second-order valence-corrected chi connectivity index (χ2v) is 5.43. The number of rotatable bonds is 2. The summed E-state index contributed by atoms with van der Waals surface area (Å²) < 4.78 is 0. The molecule has 3 nitrogen and oxygen atoms in total. The number of aryl methyl sites for hydroxylation is 2. The van der Waals surface area contributed by atoms with Gasteiger partial charge in [0.2, 0.25) is 0 Å². The quantitative estimate of drug-likeness (QED) is 0.849. The van der Waals surface area contributed by atoms with Crippen molar-refractivity contribution in [3.63, 3.8) is 0 Å². The van der Waals surface area contributed by atoms with Crippen molar-refractivity contribution in [3.05, 3.63) is 41.3 Å². The molecule has 1 saturated carbocycles. The molecular formula is C15H19N3. The van der Waals surface area contributed by atoms with Gasteiger partial charge in [-0.2, -0.15) is 0 Å². The van der Waals surface area contributed by atoms with Crippen molar-refractivity contribution in [2.24, 2.45) is 5.73 Å². The maximum atomic E-state index is 5.82. The SMILES string of the molecule is Cc1ccc(-c2cnc(C3CC(N)C3)[nH]2)c(C)c1. The van der Waals surface area contributed by atoms with E-state index in [0.29, 0.717) is 12.0 Å². The van der Waals surface area contributed by atoms with Gasteiger partial charge in [-0.05, 0) is 32.3 Å². The topological polar surface area (TPSA) is 54.7 Å². The third-order valence-electron chi connectivity index (χ3n) is 3.83. The molecule has 0 bridgehead atoms. The molecule has 18 heavy (non-hydrogen) atoms. The highest BCUT2D eigenvalue weighted by atomic mass is 14.9. The van der Waals surface area contributed by atoms with Crippen LogP contribution in [0.3, 0.4) is 0 Å². The zero-order valence-electron chi connectivity index (χ0n) is 10.9. The standard InChI is InChI=1S/C15H19N3/c1-9-3-4-13(10(2)5-9)14-8-17-15(18-14)11-6-12(16)7-11/h3-5,8,11-12H,6-7,16H2,1-2H3,(H,17,18). The fraction of sp³-hybridized carbons (Fsp3) is 0.400. The van der Waals surface area contributed by atoms with Crippen LogP contribution < -0.4 is 5.73 Å². The Morgan fingerprint density at radius 3 is 2.72 bits per heavy atom. The Labute approximate surface area is 107 Å². The third kappa shape index (κ3) is 1.95. The minimum Gasteiger partial charge on any atom is -0.342 e. The lowest BCUT2D eigenvalue weighted by atomic mass is 9.80. The lowest BCUT2D eigenvalue weighted by molar-refractivity contribution is 0.340. The Bertz CT molecular complexity index is 565. The first-order chi connectivity index (χ1) is 8.63. The highest BCUT2D eigenvalue weighted by molar-refractivity contribution is 5.63. The first kappa shape index (κ1) is 11.5. The molecule has 3 rings (SSSR count). The lowest BCUT2D eigenvalue weighted by Gasteiger charge is -2.30. The molecule has 3 N–H and O–H groups in total. The van der Waals surface area contributed by atoms with Crippen LogP contribution in [0.1, 0.15) is 35.7 Å². The molecule has 0 spiro atoms. The second kappa shape index (κ2) is 4.25. The summed E-state index contributed by atoms with van der Waals surface area (Å²) in [5, 5.41) is 0. The molecular weight excluding hydrogens is 222 g/mol. The van der Waals surface area contributed by atoms with Gasteiger partial charge >= 0.3 is 0 Å². The van der Waals surface area contributed by atoms with Gasteiger partial charge in [0.15, 0.2) is 0 Å². The number of nitrogens with one attached hydrogen (secondary N) is 1. The zero-order chi connectivity index (χ0) is 12.7. The molecule has 1 aliphatic carbocycles. The van der Waals surface area contributed by atoms with E-state index in [-0.39, 0.29) is 0 Å². The van der Waals surface area contributed by atoms with Gasteiger partial charge in [0.25, 0.3) is 0 Å². The van der Waals surface area contributed by atoms with Crippen LogP contribution in [0.4, 0.5) is 0 Å². The molecule has 0 atom stereocenters. The first-order valence-corrected chi connectivity index (χ1v) is 6.51. The molecule has 0 amide bonds. The van der Waals surface area contributed by atoms with Crippen LogP contribution in [0.5, 0.6) is 0 Å². The summed E-state index contributed by atoms with van der Waals surface area (Å²) in [6.07, 6.45) is 4.05. The Hall–Kier alpha value is -1.61. The van der Waals surface area contributed by atoms with E-state index in [9.17, 15) is 0 Å². The number of imidazole rings is 1. The number of H-pyrrole nitrogens is 1. The predicted molar refractivity (Wildman–Crippen MR) is 73.4 cm³/mol. The first-order valence-electron chi connectivity index (χ1n) is 6.51. The van der Waals surface area contributed by atoms with Crippen molar-refractivity contribution in [3.8, 4) is 11.3 Å². The molecule has 0 aliphatic heterocycles. The number of aromatic amines is 1. The van der Waals surface area contributed by atoms with E-state index in [1.54, 1.807) is 0 Å². The highest BCUT2D eigenvalue weighted by Crippen LogP contribution is 2.35. The summed E-state index contributed by atoms with van der Waals surface area (Å²) >= 11 is 0. The van der Waals surface area contributed by atoms with Crippen LogP contribution in [-0.4, -0.2) is 16.0 Å². The monoisotopic (exact) mass is 241 g/mol. The Morgan fingerprint density at radius 1 is 1.28 bits per heavy atom. The fourth-order valence-electron chi connectivity index (χ4n) is 2.68. The molecule has 2 aromatic rings. The number of hydrogen-bond donors (Lipinski definition) is 2. The molecule has 1 aromatic heterocycles. The van der Waals surface area contributed by atoms with Crippen LogP contribution in [0.25, 0.3) is 11.3 Å². The van der Waals surface area contributed by atoms with Crippen molar-refractivity contribution >= 4 is 0 Å². The number of hydrogen-bond acceptors (Lipinski definition) is 2. The van der Waals surface area contributed by atoms with Gasteiger partial charge in [-0.1, -0.05) is 23.8 Å². The Morgan fingerprint density at radius 2 is 2.06 bits per heavy atom. The largest absolute Gasteiger partial charge is 0.342 e. The number of aromatic nitrogens is 2. The van der Waals surface area contributed by atoms with Crippen LogP contribution in [0, 0.1) is 13.8 Å². The third-order valence-corrected chi connectivity index (χ3v) is 3.83. The Balaban J connectivity index is 1.88. The van der Waals surface area contributed by atoms with Crippen molar-refractivity contribution in [2.45, 2.75) is 38.6 Å². The van der Waals surface area contributed by atoms with Gasteiger partial charge in [0.05, 0.1) is 11.9 Å². The average Bonchev–Trinajstić information content (AvgIpc) is 2.73. The van der Waals surface area contributed by atoms with E-state index >= 15 is 0 Å². The molecule has 1 fully saturated rings. The number of nitrogens with zero attached hydrogens (tertiary/aromatic N) is 1. The predicted octanol–water partition coefficient (Wildman–Crippen LogP) is 2.90. The highest BCUT2D eigenvalue weighted by Gasteiger charge is 2.29. The lowest BCUT2D eigenvalue weighted by Crippen LogP contribution is -2.35. The summed E-state index contributed by atoms with van der Waals surface area (Å²) in [6, 6.07) is 6.87. The molecule has 94 valence electrons. The molecule has 1 aromatic carbocycles. The summed E-state index contributed by atoms with van der Waals surface area (Å²) in [7, 11) is 0. The summed E-state index contributed by atoms with van der Waals surface area (Å²) in [5.74, 6) is 1.62. The van der Waals surface area contributed by atoms with Crippen molar-refractivity contribution in [2.75, 3.05) is 0 Å². The van der Waals surface area contributed by atoms with E-state index in [0.717, 1.165) is 24.4 Å². The minimum atomic E-state index is 0.365. The molecule has 0 saturated heterocycles. The van der Waals surface area contributed by atoms with Gasteiger partial charge in [-0.3, -0.25) is 0 Å². The van der Waals surface area contributed by atoms with Crippen LogP contribution in [0.2, 0.25) is 0 Å². The summed E-state index contributed by atoms with van der Waals surface area (Å²) in [5.41, 5.74) is 10.8. The van der Waals surface area contributed by atoms with Gasteiger partial charge in [-0.15, -0.1) is 0 Å². The second-order valence-electron chi connectivity index (χ2n) is 5.43. The van der Waals surface area contributed by atoms with Gasteiger partial charge in [0.1, 0.15) is 5.82 Å². The van der Waals surface area contributed by atoms with Gasteiger partial charge < -0.3 is 10.7 Å². The Kier molecular flexibility index (Phi) is 2.71. The van der Waals surface area contributed by atoms with Crippen LogP contribution >= 0.6 is 0 Å². The summed E-state index contributed by atoms with van der Waals surface area (Å²) in [4.78, 5) is 7.95. The zero-order valence-corrected chi connectivity index (χ0v) is 10.9. The minimum absolute atomic E-state index is 0.365. The van der Waals surface area contributed by atoms with Gasteiger partial charge in [0, 0.05) is 17.5 Å².